The number of carbonyl (C=O) groups excluding carboxylic acids is 1. The molecule has 0 spiro atoms. The van der Waals surface area contributed by atoms with E-state index in [1.807, 2.05) is 32.0 Å². The zero-order valence-corrected chi connectivity index (χ0v) is 11.1. The minimum Gasteiger partial charge on any atom is -0.480 e. The van der Waals surface area contributed by atoms with Crippen LogP contribution in [0.5, 0.6) is 0 Å². The van der Waals surface area contributed by atoms with E-state index in [-0.39, 0.29) is 18.7 Å². The zero-order valence-electron chi connectivity index (χ0n) is 11.1. The molecule has 0 saturated heterocycles. The largest absolute Gasteiger partial charge is 0.480 e. The van der Waals surface area contributed by atoms with Crippen LogP contribution in [-0.2, 0) is 9.59 Å². The van der Waals surface area contributed by atoms with E-state index in [0.717, 1.165) is 16.8 Å². The summed E-state index contributed by atoms with van der Waals surface area (Å²) in [5.41, 5.74) is 13.6. The highest BCUT2D eigenvalue weighted by Gasteiger charge is 2.13. The van der Waals surface area contributed by atoms with Gasteiger partial charge in [0, 0.05) is 6.42 Å². The third-order valence-corrected chi connectivity index (χ3v) is 2.73. The van der Waals surface area contributed by atoms with Crippen LogP contribution in [0.15, 0.2) is 18.2 Å². The number of hydrogen-bond acceptors (Lipinski definition) is 4. The van der Waals surface area contributed by atoms with Gasteiger partial charge in [-0.05, 0) is 37.5 Å². The summed E-state index contributed by atoms with van der Waals surface area (Å²) in [6.07, 6.45) is 0.168. The first-order valence-corrected chi connectivity index (χ1v) is 6.00. The molecule has 0 bridgehead atoms. The van der Waals surface area contributed by atoms with Crippen LogP contribution >= 0.6 is 0 Å². The number of carboxylic acid groups (broad SMARTS) is 1. The second kappa shape index (κ2) is 6.75. The summed E-state index contributed by atoms with van der Waals surface area (Å²) in [4.78, 5) is 22.0. The molecule has 5 N–H and O–H groups in total. The number of hydrogen-bond donors (Lipinski definition) is 4. The van der Waals surface area contributed by atoms with Crippen molar-refractivity contribution in [3.63, 3.8) is 0 Å². The molecular formula is C13H19N3O3. The van der Waals surface area contributed by atoms with Crippen LogP contribution in [0, 0.1) is 13.8 Å². The number of hydrazine groups is 1. The van der Waals surface area contributed by atoms with Crippen molar-refractivity contribution < 1.29 is 14.7 Å². The third-order valence-electron chi connectivity index (χ3n) is 2.73. The monoisotopic (exact) mass is 265 g/mol. The Morgan fingerprint density at radius 1 is 1.37 bits per heavy atom. The molecule has 1 atom stereocenters. The summed E-state index contributed by atoms with van der Waals surface area (Å²) in [7, 11) is 0. The van der Waals surface area contributed by atoms with Crippen LogP contribution in [0.2, 0.25) is 0 Å². The maximum absolute atomic E-state index is 11.5. The first-order valence-electron chi connectivity index (χ1n) is 6.00. The van der Waals surface area contributed by atoms with E-state index in [2.05, 4.69) is 10.9 Å². The van der Waals surface area contributed by atoms with Gasteiger partial charge in [-0.15, -0.1) is 0 Å². The Morgan fingerprint density at radius 2 is 2.05 bits per heavy atom. The SMILES string of the molecule is Cc1ccc(C)c(NNC(=O)CC[C@H](N)C(=O)O)c1. The average Bonchev–Trinajstić information content (AvgIpc) is 2.36. The maximum atomic E-state index is 11.5. The number of carbonyl (C=O) groups is 2. The van der Waals surface area contributed by atoms with Gasteiger partial charge in [0.05, 0.1) is 5.69 Å². The third kappa shape index (κ3) is 4.97. The van der Waals surface area contributed by atoms with Crippen molar-refractivity contribution in [3.8, 4) is 0 Å². The van der Waals surface area contributed by atoms with Crippen LogP contribution < -0.4 is 16.6 Å². The van der Waals surface area contributed by atoms with Gasteiger partial charge in [-0.3, -0.25) is 20.4 Å². The maximum Gasteiger partial charge on any atom is 0.320 e. The lowest BCUT2D eigenvalue weighted by molar-refractivity contribution is -0.138. The number of nitrogens with two attached hydrogens (primary N) is 1. The minimum absolute atomic E-state index is 0.0608. The summed E-state index contributed by atoms with van der Waals surface area (Å²) in [5, 5.41) is 8.60. The molecule has 6 nitrogen and oxygen atoms in total. The second-order valence-electron chi connectivity index (χ2n) is 4.47. The number of rotatable bonds is 6. The summed E-state index contributed by atoms with van der Waals surface area (Å²) in [6, 6.07) is 4.84. The lowest BCUT2D eigenvalue weighted by atomic mass is 10.1. The average molecular weight is 265 g/mol. The van der Waals surface area contributed by atoms with E-state index in [1.165, 1.54) is 0 Å². The molecule has 1 aromatic rings. The Labute approximate surface area is 112 Å². The molecule has 0 radical (unpaired) electrons. The van der Waals surface area contributed by atoms with Crippen molar-refractivity contribution in [2.45, 2.75) is 32.7 Å². The summed E-state index contributed by atoms with van der Waals surface area (Å²) < 4.78 is 0. The number of anilines is 1. The number of amides is 1. The van der Waals surface area contributed by atoms with Gasteiger partial charge < -0.3 is 10.8 Å². The highest BCUT2D eigenvalue weighted by Crippen LogP contribution is 2.15. The van der Waals surface area contributed by atoms with E-state index in [9.17, 15) is 9.59 Å². The fraction of sp³-hybridized carbons (Fsp3) is 0.385. The van der Waals surface area contributed by atoms with Crippen LogP contribution in [0.25, 0.3) is 0 Å². The Balaban J connectivity index is 2.42. The summed E-state index contributed by atoms with van der Waals surface area (Å²) in [5.74, 6) is -1.40. The highest BCUT2D eigenvalue weighted by molar-refractivity contribution is 5.79. The molecule has 0 saturated carbocycles. The summed E-state index contributed by atoms with van der Waals surface area (Å²) >= 11 is 0. The van der Waals surface area contributed by atoms with Gasteiger partial charge in [0.1, 0.15) is 6.04 Å². The highest BCUT2D eigenvalue weighted by atomic mass is 16.4. The Hall–Kier alpha value is -2.08. The van der Waals surface area contributed by atoms with Crippen molar-refractivity contribution in [1.29, 1.82) is 0 Å². The number of aliphatic carboxylic acids is 1. The van der Waals surface area contributed by atoms with Gasteiger partial charge in [-0.1, -0.05) is 12.1 Å². The quantitative estimate of drug-likeness (QED) is 0.573. The van der Waals surface area contributed by atoms with Gasteiger partial charge >= 0.3 is 5.97 Å². The topological polar surface area (TPSA) is 104 Å². The number of carboxylic acids is 1. The van der Waals surface area contributed by atoms with Gasteiger partial charge in [-0.25, -0.2) is 0 Å². The van der Waals surface area contributed by atoms with Crippen molar-refractivity contribution >= 4 is 17.6 Å². The first kappa shape index (κ1) is 15.0. The van der Waals surface area contributed by atoms with E-state index in [1.54, 1.807) is 0 Å². The minimum atomic E-state index is -1.10. The van der Waals surface area contributed by atoms with Gasteiger partial charge in [0.2, 0.25) is 5.91 Å². The standard InChI is InChI=1S/C13H19N3O3/c1-8-3-4-9(2)11(7-8)15-16-12(17)6-5-10(14)13(18)19/h3-4,7,10,15H,5-6,14H2,1-2H3,(H,16,17)(H,18,19)/t10-/m0/s1. The number of nitrogens with one attached hydrogen (secondary N) is 2. The Morgan fingerprint density at radius 3 is 2.68 bits per heavy atom. The van der Waals surface area contributed by atoms with Gasteiger partial charge in [-0.2, -0.15) is 0 Å². The summed E-state index contributed by atoms with van der Waals surface area (Å²) in [6.45, 7) is 3.88. The molecule has 1 amide bonds. The number of benzene rings is 1. The second-order valence-corrected chi connectivity index (χ2v) is 4.47. The number of aryl methyl sites for hydroxylation is 2. The van der Waals surface area contributed by atoms with Crippen LogP contribution in [0.3, 0.4) is 0 Å². The molecule has 0 aliphatic heterocycles. The fourth-order valence-electron chi connectivity index (χ4n) is 1.48. The van der Waals surface area contributed by atoms with Crippen LogP contribution in [0.4, 0.5) is 5.69 Å². The van der Waals surface area contributed by atoms with Crippen LogP contribution in [-0.4, -0.2) is 23.0 Å². The predicted molar refractivity (Wildman–Crippen MR) is 72.5 cm³/mol. The fourth-order valence-corrected chi connectivity index (χ4v) is 1.48. The Kier molecular flexibility index (Phi) is 5.32. The van der Waals surface area contributed by atoms with E-state index >= 15 is 0 Å². The van der Waals surface area contributed by atoms with Gasteiger partial charge in [0.15, 0.2) is 0 Å². The smallest absolute Gasteiger partial charge is 0.320 e. The van der Waals surface area contributed by atoms with Gasteiger partial charge in [0.25, 0.3) is 0 Å². The molecular weight excluding hydrogens is 246 g/mol. The molecule has 0 unspecified atom stereocenters. The lowest BCUT2D eigenvalue weighted by Crippen LogP contribution is -2.34. The molecule has 1 rings (SSSR count). The Bertz CT molecular complexity index is 474. The molecule has 1 aromatic carbocycles. The first-order chi connectivity index (χ1) is 8.90. The molecule has 104 valence electrons. The predicted octanol–water partition coefficient (Wildman–Crippen LogP) is 0.939. The van der Waals surface area contributed by atoms with Crippen molar-refractivity contribution in [1.82, 2.24) is 5.43 Å². The van der Waals surface area contributed by atoms with E-state index in [0.29, 0.717) is 0 Å². The van der Waals surface area contributed by atoms with Crippen molar-refractivity contribution in [2.24, 2.45) is 5.73 Å². The van der Waals surface area contributed by atoms with E-state index in [4.69, 9.17) is 10.8 Å². The van der Waals surface area contributed by atoms with Crippen LogP contribution in [0.1, 0.15) is 24.0 Å². The molecule has 0 aliphatic rings. The lowest BCUT2D eigenvalue weighted by Gasteiger charge is -2.12. The molecule has 0 heterocycles. The molecule has 0 aliphatic carbocycles. The van der Waals surface area contributed by atoms with Crippen molar-refractivity contribution in [3.05, 3.63) is 29.3 Å². The normalized spacial score (nSPS) is 11.7. The molecule has 6 heteroatoms. The zero-order chi connectivity index (χ0) is 14.4. The van der Waals surface area contributed by atoms with E-state index < -0.39 is 12.0 Å². The molecule has 0 aromatic heterocycles. The molecule has 19 heavy (non-hydrogen) atoms. The molecule has 0 fully saturated rings. The van der Waals surface area contributed by atoms with Crippen molar-refractivity contribution in [2.75, 3.05) is 5.43 Å².